The highest BCUT2D eigenvalue weighted by atomic mass is 79.9. The van der Waals surface area contributed by atoms with Gasteiger partial charge in [-0.3, -0.25) is 4.79 Å². The van der Waals surface area contributed by atoms with Gasteiger partial charge in [-0.05, 0) is 30.3 Å². The Bertz CT molecular complexity index is 550. The van der Waals surface area contributed by atoms with E-state index in [2.05, 4.69) is 21.2 Å². The number of nitrogens with one attached hydrogen (secondary N) is 1. The molecule has 1 heterocycles. The molecule has 1 aromatic heterocycles. The minimum atomic E-state index is -0.263. The van der Waals surface area contributed by atoms with Gasteiger partial charge in [0.15, 0.2) is 5.76 Å². The number of carbonyl (C=O) groups excluding carboxylic acids is 1. The Morgan fingerprint density at radius 3 is 2.72 bits per heavy atom. The number of hydrogen-bond acceptors (Lipinski definition) is 3. The Kier molecular flexibility index (Phi) is 3.72. The van der Waals surface area contributed by atoms with Gasteiger partial charge in [-0.15, -0.1) is 0 Å². The minimum absolute atomic E-state index is 0.263. The molecule has 1 N–H and O–H groups in total. The number of anilines is 2. The van der Waals surface area contributed by atoms with Crippen LogP contribution in [0.15, 0.2) is 45.5 Å². The zero-order valence-corrected chi connectivity index (χ0v) is 11.7. The van der Waals surface area contributed by atoms with Crippen molar-refractivity contribution in [2.75, 3.05) is 24.3 Å². The number of rotatable bonds is 3. The Labute approximate surface area is 114 Å². The van der Waals surface area contributed by atoms with Gasteiger partial charge >= 0.3 is 0 Å². The molecule has 2 aromatic rings. The fourth-order valence-corrected chi connectivity index (χ4v) is 1.95. The quantitative estimate of drug-likeness (QED) is 0.945. The third-order valence-electron chi connectivity index (χ3n) is 2.43. The predicted molar refractivity (Wildman–Crippen MR) is 75.1 cm³/mol. The lowest BCUT2D eigenvalue weighted by molar-refractivity contribution is 0.0996. The molecule has 0 unspecified atom stereocenters. The van der Waals surface area contributed by atoms with Crippen LogP contribution < -0.4 is 10.2 Å². The monoisotopic (exact) mass is 308 g/mol. The first-order valence-corrected chi connectivity index (χ1v) is 6.19. The molecule has 0 saturated heterocycles. The molecule has 0 aliphatic rings. The van der Waals surface area contributed by atoms with E-state index in [-0.39, 0.29) is 5.91 Å². The van der Waals surface area contributed by atoms with Gasteiger partial charge in [-0.1, -0.05) is 15.9 Å². The summed E-state index contributed by atoms with van der Waals surface area (Å²) in [6, 6.07) is 9.03. The highest BCUT2D eigenvalue weighted by molar-refractivity contribution is 9.10. The molecule has 0 bridgehead atoms. The second-order valence-corrected chi connectivity index (χ2v) is 4.90. The number of furan rings is 1. The second-order valence-electron chi connectivity index (χ2n) is 3.99. The first-order valence-electron chi connectivity index (χ1n) is 5.39. The SMILES string of the molecule is CN(C)c1ccc(Br)cc1NC(=O)c1ccco1. The summed E-state index contributed by atoms with van der Waals surface area (Å²) in [7, 11) is 3.84. The molecule has 0 atom stereocenters. The van der Waals surface area contributed by atoms with Crippen LogP contribution in [0.4, 0.5) is 11.4 Å². The molecule has 0 aliphatic heterocycles. The first-order chi connectivity index (χ1) is 8.58. The lowest BCUT2D eigenvalue weighted by atomic mass is 10.2. The lowest BCUT2D eigenvalue weighted by Gasteiger charge is -2.17. The van der Waals surface area contributed by atoms with E-state index in [1.54, 1.807) is 12.1 Å². The van der Waals surface area contributed by atoms with E-state index in [0.29, 0.717) is 5.76 Å². The van der Waals surface area contributed by atoms with Crippen LogP contribution in [-0.2, 0) is 0 Å². The van der Waals surface area contributed by atoms with Crippen LogP contribution in [0.5, 0.6) is 0 Å². The highest BCUT2D eigenvalue weighted by Gasteiger charge is 2.12. The maximum atomic E-state index is 11.9. The number of nitrogens with zero attached hydrogens (tertiary/aromatic N) is 1. The van der Waals surface area contributed by atoms with Gasteiger partial charge in [-0.2, -0.15) is 0 Å². The van der Waals surface area contributed by atoms with Gasteiger partial charge in [0.05, 0.1) is 17.6 Å². The molecule has 4 nitrogen and oxygen atoms in total. The van der Waals surface area contributed by atoms with E-state index in [1.165, 1.54) is 6.26 Å². The van der Waals surface area contributed by atoms with Gasteiger partial charge < -0.3 is 14.6 Å². The van der Waals surface area contributed by atoms with Gasteiger partial charge in [0.25, 0.3) is 5.91 Å². The Balaban J connectivity index is 2.28. The normalized spacial score (nSPS) is 10.2. The summed E-state index contributed by atoms with van der Waals surface area (Å²) in [5, 5.41) is 2.83. The average molecular weight is 309 g/mol. The summed E-state index contributed by atoms with van der Waals surface area (Å²) in [5.74, 6) is 0.0286. The molecule has 0 radical (unpaired) electrons. The molecule has 0 fully saturated rings. The second kappa shape index (κ2) is 5.27. The van der Waals surface area contributed by atoms with Crippen LogP contribution in [0.3, 0.4) is 0 Å². The largest absolute Gasteiger partial charge is 0.459 e. The third-order valence-corrected chi connectivity index (χ3v) is 2.93. The van der Waals surface area contributed by atoms with Crippen molar-refractivity contribution in [2.45, 2.75) is 0 Å². The fraction of sp³-hybridized carbons (Fsp3) is 0.154. The molecular formula is C13H13BrN2O2. The number of benzene rings is 1. The van der Waals surface area contributed by atoms with Crippen LogP contribution >= 0.6 is 15.9 Å². The van der Waals surface area contributed by atoms with Crippen molar-refractivity contribution in [3.8, 4) is 0 Å². The zero-order valence-electron chi connectivity index (χ0n) is 10.1. The molecule has 5 heteroatoms. The molecule has 18 heavy (non-hydrogen) atoms. The molecule has 0 saturated carbocycles. The van der Waals surface area contributed by atoms with Crippen molar-refractivity contribution in [1.82, 2.24) is 0 Å². The van der Waals surface area contributed by atoms with Gasteiger partial charge in [0.1, 0.15) is 0 Å². The molecular weight excluding hydrogens is 296 g/mol. The Morgan fingerprint density at radius 1 is 1.33 bits per heavy atom. The maximum Gasteiger partial charge on any atom is 0.291 e. The van der Waals surface area contributed by atoms with Gasteiger partial charge in [-0.25, -0.2) is 0 Å². The molecule has 0 spiro atoms. The fourth-order valence-electron chi connectivity index (χ4n) is 1.59. The highest BCUT2D eigenvalue weighted by Crippen LogP contribution is 2.28. The van der Waals surface area contributed by atoms with E-state index in [0.717, 1.165) is 15.8 Å². The van der Waals surface area contributed by atoms with Crippen molar-refractivity contribution in [1.29, 1.82) is 0 Å². The maximum absolute atomic E-state index is 11.9. The Hall–Kier alpha value is -1.75. The molecule has 0 aliphatic carbocycles. The van der Waals surface area contributed by atoms with E-state index in [4.69, 9.17) is 4.42 Å². The molecule has 94 valence electrons. The van der Waals surface area contributed by atoms with Crippen LogP contribution in [0.2, 0.25) is 0 Å². The standard InChI is InChI=1S/C13H13BrN2O2/c1-16(2)11-6-5-9(14)8-10(11)15-13(17)12-4-3-7-18-12/h3-8H,1-2H3,(H,15,17). The van der Waals surface area contributed by atoms with Crippen molar-refractivity contribution in [3.05, 3.63) is 46.8 Å². The summed E-state index contributed by atoms with van der Waals surface area (Å²) in [6.07, 6.45) is 1.47. The van der Waals surface area contributed by atoms with Gasteiger partial charge in [0.2, 0.25) is 0 Å². The summed E-state index contributed by atoms with van der Waals surface area (Å²) >= 11 is 3.39. The predicted octanol–water partition coefficient (Wildman–Crippen LogP) is 3.36. The van der Waals surface area contributed by atoms with Crippen molar-refractivity contribution >= 4 is 33.2 Å². The van der Waals surface area contributed by atoms with E-state index < -0.39 is 0 Å². The van der Waals surface area contributed by atoms with Crippen molar-refractivity contribution in [3.63, 3.8) is 0 Å². The summed E-state index contributed by atoms with van der Waals surface area (Å²) < 4.78 is 5.97. The third kappa shape index (κ3) is 2.73. The average Bonchev–Trinajstić information content (AvgIpc) is 2.81. The van der Waals surface area contributed by atoms with Crippen molar-refractivity contribution in [2.24, 2.45) is 0 Å². The zero-order chi connectivity index (χ0) is 13.1. The Morgan fingerprint density at radius 2 is 2.11 bits per heavy atom. The van der Waals surface area contributed by atoms with Crippen LogP contribution in [-0.4, -0.2) is 20.0 Å². The molecule has 1 amide bonds. The topological polar surface area (TPSA) is 45.5 Å². The summed E-state index contributed by atoms with van der Waals surface area (Å²) in [6.45, 7) is 0. The molecule has 2 rings (SSSR count). The van der Waals surface area contributed by atoms with Gasteiger partial charge in [0, 0.05) is 18.6 Å². The number of carbonyl (C=O) groups is 1. The smallest absolute Gasteiger partial charge is 0.291 e. The number of halogens is 1. The minimum Gasteiger partial charge on any atom is -0.459 e. The molecule has 1 aromatic carbocycles. The first kappa shape index (κ1) is 12.7. The van der Waals surface area contributed by atoms with Crippen LogP contribution in [0.25, 0.3) is 0 Å². The summed E-state index contributed by atoms with van der Waals surface area (Å²) in [4.78, 5) is 13.9. The van der Waals surface area contributed by atoms with E-state index in [1.807, 2.05) is 37.2 Å². The van der Waals surface area contributed by atoms with Crippen LogP contribution in [0.1, 0.15) is 10.6 Å². The summed E-state index contributed by atoms with van der Waals surface area (Å²) in [5.41, 5.74) is 1.66. The van der Waals surface area contributed by atoms with Crippen molar-refractivity contribution < 1.29 is 9.21 Å². The van der Waals surface area contributed by atoms with Crippen LogP contribution in [0, 0.1) is 0 Å². The number of amides is 1. The lowest BCUT2D eigenvalue weighted by Crippen LogP contribution is -2.16. The van der Waals surface area contributed by atoms with E-state index >= 15 is 0 Å². The number of hydrogen-bond donors (Lipinski definition) is 1. The van der Waals surface area contributed by atoms with E-state index in [9.17, 15) is 4.79 Å².